The number of nitrogens with two attached hydrogens (primary N) is 1. The highest BCUT2D eigenvalue weighted by atomic mass is 14.8. The molecule has 3 aromatic rings. The van der Waals surface area contributed by atoms with Crippen molar-refractivity contribution in [2.24, 2.45) is 0 Å². The zero-order valence-corrected chi connectivity index (χ0v) is 10.2. The molecule has 2 N–H and O–H groups in total. The van der Waals surface area contributed by atoms with Gasteiger partial charge in [0.25, 0.3) is 0 Å². The molecule has 0 bridgehead atoms. The SMILES string of the molecule is Cc1cccc2c(N)nc(-c3ccccc3)cc12. The fraction of sp³-hybridized carbons (Fsp3) is 0.0625. The maximum Gasteiger partial charge on any atom is 0.131 e. The average Bonchev–Trinajstić information content (AvgIpc) is 2.41. The molecule has 0 aliphatic carbocycles. The summed E-state index contributed by atoms with van der Waals surface area (Å²) in [6.07, 6.45) is 0. The summed E-state index contributed by atoms with van der Waals surface area (Å²) in [6.45, 7) is 2.09. The molecule has 0 unspecified atom stereocenters. The van der Waals surface area contributed by atoms with E-state index in [1.807, 2.05) is 42.5 Å². The molecule has 18 heavy (non-hydrogen) atoms. The molecular formula is C16H14N2. The zero-order chi connectivity index (χ0) is 12.5. The van der Waals surface area contributed by atoms with Gasteiger partial charge >= 0.3 is 0 Å². The second-order valence-corrected chi connectivity index (χ2v) is 4.43. The number of nitrogens with zero attached hydrogens (tertiary/aromatic N) is 1. The Morgan fingerprint density at radius 3 is 2.44 bits per heavy atom. The van der Waals surface area contributed by atoms with Gasteiger partial charge in [-0.05, 0) is 23.9 Å². The van der Waals surface area contributed by atoms with Crippen molar-refractivity contribution < 1.29 is 0 Å². The van der Waals surface area contributed by atoms with E-state index in [1.165, 1.54) is 10.9 Å². The first-order valence-electron chi connectivity index (χ1n) is 5.97. The molecule has 0 atom stereocenters. The van der Waals surface area contributed by atoms with Crippen molar-refractivity contribution in [1.82, 2.24) is 4.98 Å². The standard InChI is InChI=1S/C16H14N2/c1-11-6-5-9-13-14(11)10-15(18-16(13)17)12-7-3-2-4-8-12/h2-10H,1H3,(H2,17,18). The molecule has 2 nitrogen and oxygen atoms in total. The summed E-state index contributed by atoms with van der Waals surface area (Å²) < 4.78 is 0. The summed E-state index contributed by atoms with van der Waals surface area (Å²) in [5.41, 5.74) is 9.29. The molecule has 3 rings (SSSR count). The van der Waals surface area contributed by atoms with Crippen molar-refractivity contribution in [3.05, 3.63) is 60.2 Å². The number of hydrogen-bond acceptors (Lipinski definition) is 2. The van der Waals surface area contributed by atoms with Crippen molar-refractivity contribution in [1.29, 1.82) is 0 Å². The number of pyridine rings is 1. The molecule has 1 heterocycles. The van der Waals surface area contributed by atoms with Crippen LogP contribution in [0.2, 0.25) is 0 Å². The van der Waals surface area contributed by atoms with Crippen molar-refractivity contribution >= 4 is 16.6 Å². The molecule has 0 aliphatic heterocycles. The lowest BCUT2D eigenvalue weighted by Gasteiger charge is -2.08. The molecule has 88 valence electrons. The van der Waals surface area contributed by atoms with E-state index in [4.69, 9.17) is 5.73 Å². The predicted octanol–water partition coefficient (Wildman–Crippen LogP) is 3.79. The summed E-state index contributed by atoms with van der Waals surface area (Å²) in [4.78, 5) is 4.49. The first-order chi connectivity index (χ1) is 8.75. The Morgan fingerprint density at radius 2 is 1.67 bits per heavy atom. The molecule has 2 aromatic carbocycles. The number of fused-ring (bicyclic) bond motifs is 1. The van der Waals surface area contributed by atoms with Gasteiger partial charge in [-0.3, -0.25) is 0 Å². The fourth-order valence-electron chi connectivity index (χ4n) is 2.21. The molecule has 0 fully saturated rings. The highest BCUT2D eigenvalue weighted by Gasteiger charge is 2.06. The molecule has 0 amide bonds. The predicted molar refractivity (Wildman–Crippen MR) is 76.3 cm³/mol. The lowest BCUT2D eigenvalue weighted by molar-refractivity contribution is 1.35. The van der Waals surface area contributed by atoms with E-state index in [1.54, 1.807) is 0 Å². The van der Waals surface area contributed by atoms with E-state index in [9.17, 15) is 0 Å². The van der Waals surface area contributed by atoms with Gasteiger partial charge in [0.15, 0.2) is 0 Å². The van der Waals surface area contributed by atoms with Gasteiger partial charge in [-0.25, -0.2) is 4.98 Å². The van der Waals surface area contributed by atoms with E-state index in [-0.39, 0.29) is 0 Å². The molecule has 0 aliphatic rings. The van der Waals surface area contributed by atoms with E-state index in [2.05, 4.69) is 24.0 Å². The molecule has 0 spiro atoms. The number of benzene rings is 2. The van der Waals surface area contributed by atoms with Gasteiger partial charge < -0.3 is 5.73 Å². The van der Waals surface area contributed by atoms with Crippen molar-refractivity contribution in [3.63, 3.8) is 0 Å². The monoisotopic (exact) mass is 234 g/mol. The molecular weight excluding hydrogens is 220 g/mol. The minimum Gasteiger partial charge on any atom is -0.383 e. The second kappa shape index (κ2) is 4.15. The number of anilines is 1. The largest absolute Gasteiger partial charge is 0.383 e. The van der Waals surface area contributed by atoms with E-state index in [0.717, 1.165) is 16.6 Å². The van der Waals surface area contributed by atoms with E-state index >= 15 is 0 Å². The Morgan fingerprint density at radius 1 is 0.889 bits per heavy atom. The van der Waals surface area contributed by atoms with Crippen LogP contribution in [0.15, 0.2) is 54.6 Å². The van der Waals surface area contributed by atoms with Gasteiger partial charge in [0.05, 0.1) is 5.69 Å². The Bertz CT molecular complexity index is 703. The minimum absolute atomic E-state index is 0.593. The third-order valence-electron chi connectivity index (χ3n) is 3.19. The highest BCUT2D eigenvalue weighted by Crippen LogP contribution is 2.27. The Labute approximate surface area is 106 Å². The van der Waals surface area contributed by atoms with Crippen LogP contribution in [0.1, 0.15) is 5.56 Å². The van der Waals surface area contributed by atoms with Crippen molar-refractivity contribution in [2.45, 2.75) is 6.92 Å². The maximum absolute atomic E-state index is 6.05. The molecule has 2 heteroatoms. The Balaban J connectivity index is 2.31. The molecule has 1 aromatic heterocycles. The van der Waals surface area contributed by atoms with Crippen LogP contribution in [0.25, 0.3) is 22.0 Å². The van der Waals surface area contributed by atoms with Gasteiger partial charge in [0.1, 0.15) is 5.82 Å². The van der Waals surface area contributed by atoms with Crippen LogP contribution in [0, 0.1) is 6.92 Å². The minimum atomic E-state index is 0.593. The summed E-state index contributed by atoms with van der Waals surface area (Å²) in [6, 6.07) is 18.3. The Kier molecular flexibility index (Phi) is 2.49. The topological polar surface area (TPSA) is 38.9 Å². The van der Waals surface area contributed by atoms with Gasteiger partial charge in [0.2, 0.25) is 0 Å². The molecule has 0 saturated carbocycles. The normalized spacial score (nSPS) is 10.7. The second-order valence-electron chi connectivity index (χ2n) is 4.43. The van der Waals surface area contributed by atoms with Crippen LogP contribution in [0.4, 0.5) is 5.82 Å². The van der Waals surface area contributed by atoms with E-state index < -0.39 is 0 Å². The number of rotatable bonds is 1. The van der Waals surface area contributed by atoms with Crippen LogP contribution >= 0.6 is 0 Å². The van der Waals surface area contributed by atoms with Gasteiger partial charge in [-0.2, -0.15) is 0 Å². The number of nitrogen functional groups attached to an aromatic ring is 1. The summed E-state index contributed by atoms with van der Waals surface area (Å²) in [7, 11) is 0. The van der Waals surface area contributed by atoms with Crippen molar-refractivity contribution in [3.8, 4) is 11.3 Å². The Hall–Kier alpha value is -2.35. The van der Waals surface area contributed by atoms with Crippen LogP contribution in [0.5, 0.6) is 0 Å². The van der Waals surface area contributed by atoms with Crippen LogP contribution in [0.3, 0.4) is 0 Å². The molecule has 0 saturated heterocycles. The van der Waals surface area contributed by atoms with E-state index in [0.29, 0.717) is 5.82 Å². The van der Waals surface area contributed by atoms with Gasteiger partial charge in [0, 0.05) is 10.9 Å². The molecule has 0 radical (unpaired) electrons. The fourth-order valence-corrected chi connectivity index (χ4v) is 2.21. The smallest absolute Gasteiger partial charge is 0.131 e. The van der Waals surface area contributed by atoms with Gasteiger partial charge in [-0.15, -0.1) is 0 Å². The maximum atomic E-state index is 6.05. The lowest BCUT2D eigenvalue weighted by atomic mass is 10.0. The number of aromatic nitrogens is 1. The first kappa shape index (κ1) is 10.8. The summed E-state index contributed by atoms with van der Waals surface area (Å²) in [5, 5.41) is 2.19. The lowest BCUT2D eigenvalue weighted by Crippen LogP contribution is -1.95. The third kappa shape index (κ3) is 1.72. The first-order valence-corrected chi connectivity index (χ1v) is 5.97. The van der Waals surface area contributed by atoms with Crippen LogP contribution in [-0.4, -0.2) is 4.98 Å². The highest BCUT2D eigenvalue weighted by molar-refractivity contribution is 5.95. The average molecular weight is 234 g/mol. The third-order valence-corrected chi connectivity index (χ3v) is 3.19. The van der Waals surface area contributed by atoms with Crippen LogP contribution in [-0.2, 0) is 0 Å². The van der Waals surface area contributed by atoms with Crippen molar-refractivity contribution in [2.75, 3.05) is 5.73 Å². The summed E-state index contributed by atoms with van der Waals surface area (Å²) in [5.74, 6) is 0.593. The quantitative estimate of drug-likeness (QED) is 0.695. The zero-order valence-electron chi connectivity index (χ0n) is 10.2. The summed E-state index contributed by atoms with van der Waals surface area (Å²) >= 11 is 0. The van der Waals surface area contributed by atoms with Gasteiger partial charge in [-0.1, -0.05) is 48.5 Å². The number of aryl methyl sites for hydroxylation is 1. The van der Waals surface area contributed by atoms with Crippen LogP contribution < -0.4 is 5.73 Å². The number of hydrogen-bond donors (Lipinski definition) is 1.